The molecule has 0 spiro atoms. The van der Waals surface area contributed by atoms with Gasteiger partial charge in [0.25, 0.3) is 0 Å². The molecule has 0 bridgehead atoms. The summed E-state index contributed by atoms with van der Waals surface area (Å²) in [7, 11) is 0. The van der Waals surface area contributed by atoms with Crippen LogP contribution in [0.25, 0.3) is 87.7 Å². The summed E-state index contributed by atoms with van der Waals surface area (Å²) in [5.41, 5.74) is 10.9. The van der Waals surface area contributed by atoms with Crippen molar-refractivity contribution in [2.24, 2.45) is 0 Å². The van der Waals surface area contributed by atoms with Crippen molar-refractivity contribution >= 4 is 82.5 Å². The fraction of sp³-hybridized carbons (Fsp3) is 0. The second-order valence-electron chi connectivity index (χ2n) is 13.6. The normalized spacial score (nSPS) is 11.8. The maximum atomic E-state index is 6.80. The van der Waals surface area contributed by atoms with Gasteiger partial charge in [0.15, 0.2) is 0 Å². The van der Waals surface area contributed by atoms with Gasteiger partial charge in [-0.15, -0.1) is 0 Å². The van der Waals surface area contributed by atoms with Crippen molar-refractivity contribution in [1.29, 1.82) is 0 Å². The monoisotopic (exact) mass is 677 g/mol. The van der Waals surface area contributed by atoms with Crippen LogP contribution in [-0.4, -0.2) is 0 Å². The van der Waals surface area contributed by atoms with Gasteiger partial charge in [-0.3, -0.25) is 0 Å². The molecule has 0 aliphatic heterocycles. The van der Waals surface area contributed by atoms with Gasteiger partial charge >= 0.3 is 0 Å². The maximum absolute atomic E-state index is 6.80. The van der Waals surface area contributed by atoms with E-state index < -0.39 is 0 Å². The van der Waals surface area contributed by atoms with Crippen molar-refractivity contribution in [3.05, 3.63) is 188 Å². The van der Waals surface area contributed by atoms with Crippen molar-refractivity contribution in [2.75, 3.05) is 4.90 Å². The number of rotatable bonds is 5. The fourth-order valence-corrected chi connectivity index (χ4v) is 8.22. The van der Waals surface area contributed by atoms with Crippen molar-refractivity contribution < 1.29 is 8.83 Å². The quantitative estimate of drug-likeness (QED) is 0.170. The highest BCUT2D eigenvalue weighted by molar-refractivity contribution is 6.21. The zero-order chi connectivity index (χ0) is 34.9. The van der Waals surface area contributed by atoms with E-state index in [1.54, 1.807) is 0 Å². The van der Waals surface area contributed by atoms with Crippen LogP contribution in [0.2, 0.25) is 0 Å². The molecule has 0 aliphatic carbocycles. The molecule has 9 aromatic carbocycles. The predicted octanol–water partition coefficient (Wildman–Crippen LogP) is 14.6. The van der Waals surface area contributed by atoms with E-state index in [0.29, 0.717) is 0 Å². The first-order chi connectivity index (χ1) is 26.3. The molecule has 3 heteroatoms. The first-order valence-electron chi connectivity index (χ1n) is 18.0. The minimum absolute atomic E-state index is 0.856. The maximum Gasteiger partial charge on any atom is 0.145 e. The molecule has 0 N–H and O–H groups in total. The number of anilines is 3. The number of furan rings is 2. The molecule has 3 nitrogen and oxygen atoms in total. The lowest BCUT2D eigenvalue weighted by atomic mass is 9.97. The molecule has 0 unspecified atom stereocenters. The average Bonchev–Trinajstić information content (AvgIpc) is 3.82. The SMILES string of the molecule is c1ccc(-c2ccc(N(c3ccc4ccc5ccccc5c4c3)c3ccc(-c4ccccc4)c4oc5ccccc5c34)c3c2oc2ccccc23)cc1. The van der Waals surface area contributed by atoms with Crippen molar-refractivity contribution in [3.63, 3.8) is 0 Å². The van der Waals surface area contributed by atoms with Gasteiger partial charge in [0.2, 0.25) is 0 Å². The highest BCUT2D eigenvalue weighted by atomic mass is 16.3. The summed E-state index contributed by atoms with van der Waals surface area (Å²) >= 11 is 0. The Bertz CT molecular complexity index is 3020. The second-order valence-corrected chi connectivity index (χ2v) is 13.6. The Morgan fingerprint density at radius 1 is 0.340 bits per heavy atom. The Balaban J connectivity index is 1.28. The molecular weight excluding hydrogens is 647 g/mol. The third-order valence-corrected chi connectivity index (χ3v) is 10.6. The van der Waals surface area contributed by atoms with E-state index in [-0.39, 0.29) is 0 Å². The van der Waals surface area contributed by atoms with E-state index in [1.807, 2.05) is 12.1 Å². The summed E-state index contributed by atoms with van der Waals surface area (Å²) < 4.78 is 13.6. The largest absolute Gasteiger partial charge is 0.455 e. The van der Waals surface area contributed by atoms with Crippen LogP contribution in [0.4, 0.5) is 17.1 Å². The smallest absolute Gasteiger partial charge is 0.145 e. The molecule has 0 aliphatic rings. The molecule has 0 radical (unpaired) electrons. The Morgan fingerprint density at radius 3 is 1.36 bits per heavy atom. The Morgan fingerprint density at radius 2 is 0.792 bits per heavy atom. The predicted molar refractivity (Wildman–Crippen MR) is 222 cm³/mol. The molecule has 53 heavy (non-hydrogen) atoms. The first-order valence-corrected chi connectivity index (χ1v) is 18.0. The number of hydrogen-bond donors (Lipinski definition) is 0. The highest BCUT2D eigenvalue weighted by Gasteiger charge is 2.26. The molecule has 0 atom stereocenters. The molecule has 11 rings (SSSR count). The second kappa shape index (κ2) is 11.7. The molecule has 0 amide bonds. The number of nitrogens with zero attached hydrogens (tertiary/aromatic N) is 1. The van der Waals surface area contributed by atoms with E-state index in [0.717, 1.165) is 83.2 Å². The molecule has 248 valence electrons. The van der Waals surface area contributed by atoms with E-state index in [9.17, 15) is 0 Å². The van der Waals surface area contributed by atoms with Gasteiger partial charge in [-0.2, -0.15) is 0 Å². The summed E-state index contributed by atoms with van der Waals surface area (Å²) in [4.78, 5) is 2.42. The zero-order valence-corrected chi connectivity index (χ0v) is 28.7. The topological polar surface area (TPSA) is 29.5 Å². The number of benzene rings is 9. The third kappa shape index (κ3) is 4.61. The van der Waals surface area contributed by atoms with Crippen molar-refractivity contribution in [1.82, 2.24) is 0 Å². The van der Waals surface area contributed by atoms with Crippen LogP contribution in [-0.2, 0) is 0 Å². The van der Waals surface area contributed by atoms with Crippen LogP contribution in [0.3, 0.4) is 0 Å². The van der Waals surface area contributed by atoms with Gasteiger partial charge in [-0.1, -0.05) is 140 Å². The van der Waals surface area contributed by atoms with Crippen molar-refractivity contribution in [3.8, 4) is 22.3 Å². The van der Waals surface area contributed by atoms with Gasteiger partial charge in [0.1, 0.15) is 22.3 Å². The number of para-hydroxylation sites is 2. The summed E-state index contributed by atoms with van der Waals surface area (Å²) in [6, 6.07) is 66.6. The number of fused-ring (bicyclic) bond motifs is 9. The van der Waals surface area contributed by atoms with Crippen LogP contribution in [0, 0.1) is 0 Å². The van der Waals surface area contributed by atoms with E-state index in [2.05, 4.69) is 181 Å². The van der Waals surface area contributed by atoms with Crippen LogP contribution in [0.1, 0.15) is 0 Å². The standard InChI is InChI=1S/C50H31NO2/c1-3-13-32(14-4-1)38-27-29-43(47-40-19-9-11-21-45(40)52-49(38)47)51(36-26-25-35-24-23-34-17-7-8-18-37(34)42(35)31-36)44-30-28-39(33-15-5-2-6-16-33)50-48(44)41-20-10-12-22-46(41)53-50/h1-31H. The van der Waals surface area contributed by atoms with Gasteiger partial charge in [-0.05, 0) is 81.2 Å². The minimum atomic E-state index is 0.856. The lowest BCUT2D eigenvalue weighted by Gasteiger charge is -2.28. The molecular formula is C50H31NO2. The van der Waals surface area contributed by atoms with E-state index >= 15 is 0 Å². The Hall–Kier alpha value is -7.10. The summed E-state index contributed by atoms with van der Waals surface area (Å²) in [5, 5.41) is 9.11. The lowest BCUT2D eigenvalue weighted by molar-refractivity contribution is 0.670. The average molecular weight is 678 g/mol. The van der Waals surface area contributed by atoms with Crippen LogP contribution in [0.5, 0.6) is 0 Å². The van der Waals surface area contributed by atoms with E-state index in [1.165, 1.54) is 21.5 Å². The Kier molecular flexibility index (Phi) is 6.55. The van der Waals surface area contributed by atoms with Crippen LogP contribution >= 0.6 is 0 Å². The summed E-state index contributed by atoms with van der Waals surface area (Å²) in [5.74, 6) is 0. The molecule has 11 aromatic rings. The van der Waals surface area contributed by atoms with Gasteiger partial charge in [0, 0.05) is 27.6 Å². The molecule has 0 saturated carbocycles. The molecule has 0 saturated heterocycles. The zero-order valence-electron chi connectivity index (χ0n) is 28.7. The van der Waals surface area contributed by atoms with Crippen LogP contribution < -0.4 is 4.90 Å². The van der Waals surface area contributed by atoms with Gasteiger partial charge in [-0.25, -0.2) is 0 Å². The number of hydrogen-bond acceptors (Lipinski definition) is 3. The highest BCUT2D eigenvalue weighted by Crippen LogP contribution is 2.50. The molecule has 0 fully saturated rings. The summed E-state index contributed by atoms with van der Waals surface area (Å²) in [6.07, 6.45) is 0. The molecule has 2 aromatic heterocycles. The van der Waals surface area contributed by atoms with Gasteiger partial charge < -0.3 is 13.7 Å². The lowest BCUT2D eigenvalue weighted by Crippen LogP contribution is -2.11. The first kappa shape index (κ1) is 29.6. The fourth-order valence-electron chi connectivity index (χ4n) is 8.22. The summed E-state index contributed by atoms with van der Waals surface area (Å²) in [6.45, 7) is 0. The molecule has 2 heterocycles. The van der Waals surface area contributed by atoms with Crippen LogP contribution in [0.15, 0.2) is 197 Å². The van der Waals surface area contributed by atoms with Crippen molar-refractivity contribution in [2.45, 2.75) is 0 Å². The van der Waals surface area contributed by atoms with E-state index in [4.69, 9.17) is 8.83 Å². The van der Waals surface area contributed by atoms with Gasteiger partial charge in [0.05, 0.1) is 22.1 Å². The Labute approximate surface area is 305 Å². The third-order valence-electron chi connectivity index (χ3n) is 10.6. The minimum Gasteiger partial charge on any atom is -0.455 e.